The van der Waals surface area contributed by atoms with Gasteiger partial charge in [-0.25, -0.2) is 13.2 Å². The smallest absolute Gasteiger partial charge is 0.337 e. The zero-order chi connectivity index (χ0) is 14.2. The van der Waals surface area contributed by atoms with E-state index in [4.69, 9.17) is 5.11 Å². The fraction of sp³-hybridized carbons (Fsp3) is 0.308. The Bertz CT molecular complexity index is 726. The third-order valence-electron chi connectivity index (χ3n) is 2.99. The Morgan fingerprint density at radius 1 is 1.37 bits per heavy atom. The minimum atomic E-state index is -3.19. The van der Waals surface area contributed by atoms with Gasteiger partial charge in [-0.1, -0.05) is 12.1 Å². The quantitative estimate of drug-likeness (QED) is 0.942. The highest BCUT2D eigenvalue weighted by Crippen LogP contribution is 2.30. The molecular formula is C13H14O4S2. The van der Waals surface area contributed by atoms with Gasteiger partial charge < -0.3 is 5.11 Å². The van der Waals surface area contributed by atoms with Crippen LogP contribution in [-0.4, -0.2) is 24.7 Å². The lowest BCUT2D eigenvalue weighted by molar-refractivity contribution is 0.0699. The number of hydrogen-bond donors (Lipinski definition) is 1. The maximum absolute atomic E-state index is 11.9. The van der Waals surface area contributed by atoms with Crippen LogP contribution in [-0.2, 0) is 15.6 Å². The average molecular weight is 298 g/mol. The normalized spacial score (nSPS) is 12.2. The van der Waals surface area contributed by atoms with Gasteiger partial charge in [-0.05, 0) is 36.2 Å². The van der Waals surface area contributed by atoms with Crippen LogP contribution in [0.2, 0.25) is 0 Å². The number of fused-ring (bicyclic) bond motifs is 1. The molecule has 0 aliphatic rings. The van der Waals surface area contributed by atoms with Gasteiger partial charge in [-0.15, -0.1) is 11.3 Å². The summed E-state index contributed by atoms with van der Waals surface area (Å²) in [5.41, 5.74) is 0.896. The fourth-order valence-corrected chi connectivity index (χ4v) is 3.96. The van der Waals surface area contributed by atoms with Crippen molar-refractivity contribution >= 4 is 37.2 Å². The van der Waals surface area contributed by atoms with Crippen LogP contribution in [0.25, 0.3) is 10.1 Å². The third-order valence-corrected chi connectivity index (χ3v) is 6.21. The molecule has 1 N–H and O–H groups in total. The summed E-state index contributed by atoms with van der Waals surface area (Å²) in [6, 6.07) is 4.94. The molecule has 0 fully saturated rings. The van der Waals surface area contributed by atoms with Crippen LogP contribution in [0.3, 0.4) is 0 Å². The maximum atomic E-state index is 11.9. The second-order valence-electron chi connectivity index (χ2n) is 4.60. The zero-order valence-electron chi connectivity index (χ0n) is 10.6. The number of carbonyl (C=O) groups is 1. The van der Waals surface area contributed by atoms with E-state index in [-0.39, 0.29) is 11.3 Å². The van der Waals surface area contributed by atoms with E-state index in [0.717, 1.165) is 0 Å². The lowest BCUT2D eigenvalue weighted by Gasteiger charge is -2.06. The van der Waals surface area contributed by atoms with E-state index in [0.29, 0.717) is 15.6 Å². The van der Waals surface area contributed by atoms with E-state index in [1.165, 1.54) is 17.4 Å². The van der Waals surface area contributed by atoms with Crippen LogP contribution in [0.1, 0.15) is 29.8 Å². The van der Waals surface area contributed by atoms with Crippen molar-refractivity contribution in [3.05, 3.63) is 34.7 Å². The van der Waals surface area contributed by atoms with Crippen molar-refractivity contribution in [3.8, 4) is 0 Å². The fourth-order valence-electron chi connectivity index (χ4n) is 1.77. The van der Waals surface area contributed by atoms with E-state index in [9.17, 15) is 13.2 Å². The standard InChI is InChI=1S/C13H14O4S2/c1-8(2)19(16,17)7-9-6-18-12-10(9)4-3-5-11(12)13(14)15/h3-6,8H,7H2,1-2H3,(H,14,15). The first-order chi connectivity index (χ1) is 8.83. The predicted octanol–water partition coefficient (Wildman–Crippen LogP) is 2.92. The van der Waals surface area contributed by atoms with Crippen molar-refractivity contribution in [2.75, 3.05) is 0 Å². The van der Waals surface area contributed by atoms with E-state index >= 15 is 0 Å². The number of carboxylic acids is 1. The molecule has 0 saturated heterocycles. The number of hydrogen-bond acceptors (Lipinski definition) is 4. The topological polar surface area (TPSA) is 71.4 Å². The molecule has 2 aromatic rings. The van der Waals surface area contributed by atoms with Crippen molar-refractivity contribution in [1.29, 1.82) is 0 Å². The summed E-state index contributed by atoms with van der Waals surface area (Å²) in [6.45, 7) is 3.29. The van der Waals surface area contributed by atoms with Crippen LogP contribution >= 0.6 is 11.3 Å². The largest absolute Gasteiger partial charge is 0.478 e. The molecule has 0 bridgehead atoms. The molecular weight excluding hydrogens is 284 g/mol. The highest BCUT2D eigenvalue weighted by molar-refractivity contribution is 7.91. The molecule has 0 unspecified atom stereocenters. The van der Waals surface area contributed by atoms with Gasteiger partial charge in [0.1, 0.15) is 0 Å². The number of rotatable bonds is 4. The van der Waals surface area contributed by atoms with Crippen molar-refractivity contribution in [1.82, 2.24) is 0 Å². The second-order valence-corrected chi connectivity index (χ2v) is 8.04. The molecule has 102 valence electrons. The molecule has 0 aliphatic heterocycles. The summed E-state index contributed by atoms with van der Waals surface area (Å²) in [6.07, 6.45) is 0. The first-order valence-electron chi connectivity index (χ1n) is 5.77. The molecule has 1 heterocycles. The number of carboxylic acid groups (broad SMARTS) is 1. The molecule has 0 radical (unpaired) electrons. The van der Waals surface area contributed by atoms with Crippen LogP contribution < -0.4 is 0 Å². The first-order valence-corrected chi connectivity index (χ1v) is 8.36. The second kappa shape index (κ2) is 4.94. The van der Waals surface area contributed by atoms with Crippen molar-refractivity contribution < 1.29 is 18.3 Å². The Balaban J connectivity index is 2.54. The minimum Gasteiger partial charge on any atom is -0.478 e. The van der Waals surface area contributed by atoms with E-state index < -0.39 is 21.1 Å². The number of benzene rings is 1. The molecule has 4 nitrogen and oxygen atoms in total. The average Bonchev–Trinajstić information content (AvgIpc) is 2.71. The summed E-state index contributed by atoms with van der Waals surface area (Å²) in [5, 5.41) is 11.1. The Morgan fingerprint density at radius 2 is 2.05 bits per heavy atom. The van der Waals surface area contributed by atoms with Crippen molar-refractivity contribution in [3.63, 3.8) is 0 Å². The minimum absolute atomic E-state index is 0.0479. The highest BCUT2D eigenvalue weighted by atomic mass is 32.2. The first kappa shape index (κ1) is 14.0. The molecule has 0 atom stereocenters. The van der Waals surface area contributed by atoms with Gasteiger partial charge in [-0.2, -0.15) is 0 Å². The van der Waals surface area contributed by atoms with Crippen LogP contribution in [0, 0.1) is 0 Å². The zero-order valence-corrected chi connectivity index (χ0v) is 12.2. The van der Waals surface area contributed by atoms with Gasteiger partial charge in [-0.3, -0.25) is 0 Å². The number of sulfone groups is 1. The molecule has 0 aliphatic carbocycles. The molecule has 1 aromatic heterocycles. The Morgan fingerprint density at radius 3 is 2.63 bits per heavy atom. The van der Waals surface area contributed by atoms with E-state index in [1.807, 2.05) is 0 Å². The molecule has 2 rings (SSSR count). The number of aromatic carboxylic acids is 1. The highest BCUT2D eigenvalue weighted by Gasteiger charge is 2.20. The number of thiophene rings is 1. The maximum Gasteiger partial charge on any atom is 0.337 e. The Kier molecular flexibility index (Phi) is 3.64. The summed E-state index contributed by atoms with van der Waals surface area (Å²) in [4.78, 5) is 11.1. The van der Waals surface area contributed by atoms with Gasteiger partial charge in [0.05, 0.1) is 16.6 Å². The lowest BCUT2D eigenvalue weighted by atomic mass is 10.1. The summed E-state index contributed by atoms with van der Waals surface area (Å²) in [7, 11) is -3.19. The summed E-state index contributed by atoms with van der Waals surface area (Å²) >= 11 is 1.28. The Hall–Kier alpha value is -1.40. The van der Waals surface area contributed by atoms with Gasteiger partial charge in [0.2, 0.25) is 0 Å². The molecule has 0 amide bonds. The molecule has 19 heavy (non-hydrogen) atoms. The molecule has 6 heteroatoms. The van der Waals surface area contributed by atoms with Gasteiger partial charge in [0.15, 0.2) is 9.84 Å². The van der Waals surface area contributed by atoms with Crippen LogP contribution in [0.4, 0.5) is 0 Å². The lowest BCUT2D eigenvalue weighted by Crippen LogP contribution is -2.15. The van der Waals surface area contributed by atoms with Crippen molar-refractivity contribution in [2.24, 2.45) is 0 Å². The van der Waals surface area contributed by atoms with Gasteiger partial charge in [0, 0.05) is 4.70 Å². The predicted molar refractivity (Wildman–Crippen MR) is 76.5 cm³/mol. The van der Waals surface area contributed by atoms with Gasteiger partial charge >= 0.3 is 5.97 Å². The van der Waals surface area contributed by atoms with E-state index in [1.54, 1.807) is 31.4 Å². The van der Waals surface area contributed by atoms with Crippen LogP contribution in [0.5, 0.6) is 0 Å². The SMILES string of the molecule is CC(C)S(=O)(=O)Cc1csc2c(C(=O)O)cccc12. The molecule has 1 aromatic carbocycles. The monoisotopic (exact) mass is 298 g/mol. The Labute approximate surface area is 115 Å². The van der Waals surface area contributed by atoms with Crippen molar-refractivity contribution in [2.45, 2.75) is 24.9 Å². The molecule has 0 spiro atoms. The summed E-state index contributed by atoms with van der Waals surface area (Å²) < 4.78 is 24.5. The van der Waals surface area contributed by atoms with Crippen LogP contribution in [0.15, 0.2) is 23.6 Å². The molecule has 0 saturated carbocycles. The van der Waals surface area contributed by atoms with E-state index in [2.05, 4.69) is 0 Å². The third kappa shape index (κ3) is 2.64. The van der Waals surface area contributed by atoms with Gasteiger partial charge in [0.25, 0.3) is 0 Å². The summed E-state index contributed by atoms with van der Waals surface area (Å²) in [5.74, 6) is -1.04.